The van der Waals surface area contributed by atoms with Crippen LogP contribution in [0.15, 0.2) is 0 Å². The van der Waals surface area contributed by atoms with E-state index in [1.807, 2.05) is 0 Å². The van der Waals surface area contributed by atoms with E-state index in [0.717, 1.165) is 24.5 Å². The lowest BCUT2D eigenvalue weighted by atomic mass is 9.83. The molecule has 0 saturated heterocycles. The van der Waals surface area contributed by atoms with E-state index in [2.05, 4.69) is 24.1 Å². The zero-order chi connectivity index (χ0) is 14.2. The molecule has 0 amide bonds. The van der Waals surface area contributed by atoms with Crippen LogP contribution in [0.4, 0.5) is 0 Å². The monoisotopic (exact) mass is 280 g/mol. The standard InChI is InChI=1S/C18H36N2/c1-3-19-18(16-11-7-5-8-12-16)15-20(4-2)17-13-9-6-10-14-17/h16-19H,3-15H2,1-2H3. The summed E-state index contributed by atoms with van der Waals surface area (Å²) < 4.78 is 0. The average Bonchev–Trinajstić information content (AvgIpc) is 2.53. The Balaban J connectivity index is 1.89. The summed E-state index contributed by atoms with van der Waals surface area (Å²) in [7, 11) is 0. The molecule has 2 heteroatoms. The maximum atomic E-state index is 3.81. The predicted molar refractivity (Wildman–Crippen MR) is 88.2 cm³/mol. The van der Waals surface area contributed by atoms with Crippen LogP contribution in [0.25, 0.3) is 0 Å². The smallest absolute Gasteiger partial charge is 0.0223 e. The average molecular weight is 280 g/mol. The Hall–Kier alpha value is -0.0800. The van der Waals surface area contributed by atoms with Gasteiger partial charge in [-0.3, -0.25) is 4.90 Å². The van der Waals surface area contributed by atoms with E-state index in [-0.39, 0.29) is 0 Å². The summed E-state index contributed by atoms with van der Waals surface area (Å²) in [5.74, 6) is 0.932. The highest BCUT2D eigenvalue weighted by Gasteiger charge is 2.27. The van der Waals surface area contributed by atoms with Gasteiger partial charge in [-0.25, -0.2) is 0 Å². The zero-order valence-electron chi connectivity index (χ0n) is 13.9. The van der Waals surface area contributed by atoms with Gasteiger partial charge in [-0.2, -0.15) is 0 Å². The normalized spacial score (nSPS) is 24.1. The lowest BCUT2D eigenvalue weighted by Crippen LogP contribution is -2.49. The fraction of sp³-hybridized carbons (Fsp3) is 1.00. The molecule has 0 spiro atoms. The molecule has 2 fully saturated rings. The lowest BCUT2D eigenvalue weighted by molar-refractivity contribution is 0.124. The molecule has 2 saturated carbocycles. The first-order chi connectivity index (χ1) is 9.85. The fourth-order valence-electron chi connectivity index (χ4n) is 4.41. The largest absolute Gasteiger partial charge is 0.313 e. The molecule has 20 heavy (non-hydrogen) atoms. The van der Waals surface area contributed by atoms with Crippen LogP contribution in [0.3, 0.4) is 0 Å². The molecule has 0 aromatic heterocycles. The van der Waals surface area contributed by atoms with Crippen LogP contribution in [0.5, 0.6) is 0 Å². The Morgan fingerprint density at radius 1 is 0.900 bits per heavy atom. The Morgan fingerprint density at radius 2 is 1.50 bits per heavy atom. The Labute approximate surface area is 126 Å². The minimum atomic E-state index is 0.738. The number of nitrogens with zero attached hydrogens (tertiary/aromatic N) is 1. The van der Waals surface area contributed by atoms with Gasteiger partial charge in [0.05, 0.1) is 0 Å². The van der Waals surface area contributed by atoms with Crippen LogP contribution >= 0.6 is 0 Å². The van der Waals surface area contributed by atoms with Gasteiger partial charge in [0, 0.05) is 18.6 Å². The Morgan fingerprint density at radius 3 is 2.05 bits per heavy atom. The summed E-state index contributed by atoms with van der Waals surface area (Å²) in [6.07, 6.45) is 14.6. The van der Waals surface area contributed by atoms with Crippen LogP contribution in [-0.2, 0) is 0 Å². The first-order valence-corrected chi connectivity index (χ1v) is 9.32. The van der Waals surface area contributed by atoms with Gasteiger partial charge >= 0.3 is 0 Å². The zero-order valence-corrected chi connectivity index (χ0v) is 13.9. The molecule has 2 aliphatic rings. The molecule has 1 unspecified atom stereocenters. The van der Waals surface area contributed by atoms with E-state index in [4.69, 9.17) is 0 Å². The molecule has 1 atom stereocenters. The van der Waals surface area contributed by atoms with Gasteiger partial charge < -0.3 is 5.32 Å². The lowest BCUT2D eigenvalue weighted by Gasteiger charge is -2.39. The molecule has 118 valence electrons. The predicted octanol–water partition coefficient (Wildman–Crippen LogP) is 4.20. The van der Waals surface area contributed by atoms with Crippen molar-refractivity contribution < 1.29 is 0 Å². The molecule has 0 heterocycles. The molecule has 0 aliphatic heterocycles. The van der Waals surface area contributed by atoms with Crippen molar-refractivity contribution >= 4 is 0 Å². The van der Waals surface area contributed by atoms with Crippen molar-refractivity contribution in [1.29, 1.82) is 0 Å². The first kappa shape index (κ1) is 16.3. The van der Waals surface area contributed by atoms with Crippen molar-refractivity contribution in [3.63, 3.8) is 0 Å². The van der Waals surface area contributed by atoms with E-state index < -0.39 is 0 Å². The molecule has 0 aromatic rings. The first-order valence-electron chi connectivity index (χ1n) is 9.32. The molecular formula is C18H36N2. The molecule has 0 aromatic carbocycles. The van der Waals surface area contributed by atoms with Crippen molar-refractivity contribution in [2.24, 2.45) is 5.92 Å². The maximum absolute atomic E-state index is 3.81. The molecule has 2 nitrogen and oxygen atoms in total. The molecule has 2 aliphatic carbocycles. The quantitative estimate of drug-likeness (QED) is 0.752. The summed E-state index contributed by atoms with van der Waals surface area (Å²) in [4.78, 5) is 2.79. The third kappa shape index (κ3) is 4.73. The minimum absolute atomic E-state index is 0.738. The summed E-state index contributed by atoms with van der Waals surface area (Å²) in [5, 5.41) is 3.81. The Bertz CT molecular complexity index is 242. The van der Waals surface area contributed by atoms with Gasteiger partial charge in [0.15, 0.2) is 0 Å². The number of hydrogen-bond acceptors (Lipinski definition) is 2. The number of hydrogen-bond donors (Lipinski definition) is 1. The third-order valence-electron chi connectivity index (χ3n) is 5.61. The highest BCUT2D eigenvalue weighted by Crippen LogP contribution is 2.28. The van der Waals surface area contributed by atoms with Crippen molar-refractivity contribution in [3.8, 4) is 0 Å². The van der Waals surface area contributed by atoms with Crippen LogP contribution in [-0.4, -0.2) is 36.6 Å². The summed E-state index contributed by atoms with van der Waals surface area (Å²) in [6.45, 7) is 8.29. The maximum Gasteiger partial charge on any atom is 0.0223 e. The molecule has 0 radical (unpaired) electrons. The van der Waals surface area contributed by atoms with Crippen LogP contribution in [0.1, 0.15) is 78.1 Å². The van der Waals surface area contributed by atoms with Crippen LogP contribution < -0.4 is 5.32 Å². The van der Waals surface area contributed by atoms with Crippen LogP contribution in [0.2, 0.25) is 0 Å². The van der Waals surface area contributed by atoms with Gasteiger partial charge in [0.25, 0.3) is 0 Å². The second-order valence-electron chi connectivity index (χ2n) is 6.94. The molecule has 1 N–H and O–H groups in total. The topological polar surface area (TPSA) is 15.3 Å². The second-order valence-corrected chi connectivity index (χ2v) is 6.94. The Kier molecular flexibility index (Phi) is 7.37. The number of likely N-dealkylation sites (N-methyl/N-ethyl adjacent to an activating group) is 2. The highest BCUT2D eigenvalue weighted by molar-refractivity contribution is 4.85. The highest BCUT2D eigenvalue weighted by atomic mass is 15.2. The minimum Gasteiger partial charge on any atom is -0.313 e. The van der Waals surface area contributed by atoms with Crippen molar-refractivity contribution in [2.45, 2.75) is 90.1 Å². The molecule has 2 rings (SSSR count). The van der Waals surface area contributed by atoms with Gasteiger partial charge in [0.2, 0.25) is 0 Å². The van der Waals surface area contributed by atoms with Gasteiger partial charge in [-0.1, -0.05) is 52.4 Å². The van der Waals surface area contributed by atoms with Crippen LogP contribution in [0, 0.1) is 5.92 Å². The van der Waals surface area contributed by atoms with E-state index in [1.165, 1.54) is 77.3 Å². The SMILES string of the molecule is CCNC(CN(CC)C1CCCCC1)C1CCCCC1. The van der Waals surface area contributed by atoms with Crippen molar-refractivity contribution in [2.75, 3.05) is 19.6 Å². The molecular weight excluding hydrogens is 244 g/mol. The van der Waals surface area contributed by atoms with E-state index in [0.29, 0.717) is 0 Å². The third-order valence-corrected chi connectivity index (χ3v) is 5.61. The van der Waals surface area contributed by atoms with Gasteiger partial charge in [0.1, 0.15) is 0 Å². The summed E-state index contributed by atoms with van der Waals surface area (Å²) in [6, 6.07) is 1.61. The van der Waals surface area contributed by atoms with Crippen molar-refractivity contribution in [3.05, 3.63) is 0 Å². The number of nitrogens with one attached hydrogen (secondary N) is 1. The number of rotatable bonds is 7. The molecule has 0 bridgehead atoms. The summed E-state index contributed by atoms with van der Waals surface area (Å²) in [5.41, 5.74) is 0. The van der Waals surface area contributed by atoms with E-state index >= 15 is 0 Å². The van der Waals surface area contributed by atoms with Gasteiger partial charge in [-0.05, 0) is 44.7 Å². The van der Waals surface area contributed by atoms with Gasteiger partial charge in [-0.15, -0.1) is 0 Å². The summed E-state index contributed by atoms with van der Waals surface area (Å²) >= 11 is 0. The van der Waals surface area contributed by atoms with Crippen molar-refractivity contribution in [1.82, 2.24) is 10.2 Å². The fourth-order valence-corrected chi connectivity index (χ4v) is 4.41. The van der Waals surface area contributed by atoms with E-state index in [1.54, 1.807) is 0 Å². The second kappa shape index (κ2) is 9.04. The van der Waals surface area contributed by atoms with E-state index in [9.17, 15) is 0 Å².